The first-order valence-electron chi connectivity index (χ1n) is 10.6. The molecule has 3 amide bonds. The smallest absolute Gasteiger partial charge is 0.251 e. The van der Waals surface area contributed by atoms with E-state index in [4.69, 9.17) is 5.73 Å². The van der Waals surface area contributed by atoms with Gasteiger partial charge in [-0.15, -0.1) is 11.3 Å². The number of rotatable bonds is 6. The Morgan fingerprint density at radius 1 is 1.10 bits per heavy atom. The van der Waals surface area contributed by atoms with Crippen molar-refractivity contribution < 1.29 is 14.4 Å². The Kier molecular flexibility index (Phi) is 6.18. The third-order valence-corrected chi connectivity index (χ3v) is 6.96. The second-order valence-corrected chi connectivity index (χ2v) is 9.01. The zero-order valence-corrected chi connectivity index (χ0v) is 17.8. The van der Waals surface area contributed by atoms with Crippen molar-refractivity contribution in [2.24, 2.45) is 5.73 Å². The fourth-order valence-electron chi connectivity index (χ4n) is 4.50. The zero-order valence-electron chi connectivity index (χ0n) is 17.0. The number of carbonyl (C=O) groups excluding carboxylic acids is 3. The van der Waals surface area contributed by atoms with Crippen LogP contribution in [0.5, 0.6) is 0 Å². The monoisotopic (exact) mass is 425 g/mol. The van der Waals surface area contributed by atoms with Gasteiger partial charge in [0.25, 0.3) is 5.91 Å². The maximum Gasteiger partial charge on any atom is 0.251 e. The van der Waals surface area contributed by atoms with Gasteiger partial charge in [0.05, 0.1) is 12.0 Å². The molecule has 1 aromatic carbocycles. The second-order valence-electron chi connectivity index (χ2n) is 8.13. The maximum atomic E-state index is 12.6. The molecule has 1 saturated carbocycles. The van der Waals surface area contributed by atoms with Crippen molar-refractivity contribution >= 4 is 39.7 Å². The number of nitrogens with zero attached hydrogens (tertiary/aromatic N) is 1. The number of anilines is 2. The first kappa shape index (κ1) is 20.6. The molecular formula is C23H27N3O3S. The number of nitrogens with two attached hydrogens (primary N) is 1. The molecule has 6 nitrogen and oxygen atoms in total. The van der Waals surface area contributed by atoms with Crippen molar-refractivity contribution in [3.05, 3.63) is 46.3 Å². The lowest BCUT2D eigenvalue weighted by molar-refractivity contribution is -0.117. The van der Waals surface area contributed by atoms with E-state index in [1.54, 1.807) is 4.90 Å². The summed E-state index contributed by atoms with van der Waals surface area (Å²) >= 11 is 1.38. The summed E-state index contributed by atoms with van der Waals surface area (Å²) in [7, 11) is 0. The van der Waals surface area contributed by atoms with E-state index >= 15 is 0 Å². The van der Waals surface area contributed by atoms with Crippen LogP contribution >= 0.6 is 11.3 Å². The average Bonchev–Trinajstić information content (AvgIpc) is 3.35. The molecule has 4 rings (SSSR count). The number of hydrogen-bond acceptors (Lipinski definition) is 4. The number of amides is 3. The summed E-state index contributed by atoms with van der Waals surface area (Å²) < 4.78 is 0. The molecule has 1 aliphatic heterocycles. The first-order chi connectivity index (χ1) is 14.5. The van der Waals surface area contributed by atoms with Crippen LogP contribution in [-0.2, 0) is 16.0 Å². The Balaban J connectivity index is 1.43. The van der Waals surface area contributed by atoms with Gasteiger partial charge in [0, 0.05) is 18.7 Å². The van der Waals surface area contributed by atoms with E-state index in [0.29, 0.717) is 22.9 Å². The number of hydrogen-bond donors (Lipinski definition) is 2. The predicted octanol–water partition coefficient (Wildman–Crippen LogP) is 4.20. The molecule has 2 aromatic rings. The van der Waals surface area contributed by atoms with Crippen molar-refractivity contribution in [2.75, 3.05) is 16.8 Å². The summed E-state index contributed by atoms with van der Waals surface area (Å²) in [5.74, 6) is -0.166. The molecule has 1 aliphatic carbocycles. The highest BCUT2D eigenvalue weighted by molar-refractivity contribution is 7.15. The van der Waals surface area contributed by atoms with Crippen molar-refractivity contribution in [2.45, 2.75) is 57.3 Å². The number of thiophene rings is 1. The minimum atomic E-state index is -0.480. The Labute approximate surface area is 180 Å². The van der Waals surface area contributed by atoms with Crippen LogP contribution in [0.15, 0.2) is 29.6 Å². The summed E-state index contributed by atoms with van der Waals surface area (Å²) in [6.45, 7) is 0.746. The number of benzene rings is 1. The van der Waals surface area contributed by atoms with Gasteiger partial charge in [-0.25, -0.2) is 0 Å². The normalized spacial score (nSPS) is 17.3. The fraction of sp³-hybridized carbons (Fsp3) is 0.435. The lowest BCUT2D eigenvalue weighted by atomic mass is 9.83. The fourth-order valence-corrected chi connectivity index (χ4v) is 5.57. The molecule has 30 heavy (non-hydrogen) atoms. The second kappa shape index (κ2) is 9.00. The summed E-state index contributed by atoms with van der Waals surface area (Å²) in [6.07, 6.45) is 7.38. The number of carbonyl (C=O) groups is 3. The summed E-state index contributed by atoms with van der Waals surface area (Å²) in [4.78, 5) is 38.4. The molecule has 3 N–H and O–H groups in total. The molecular weight excluding hydrogens is 398 g/mol. The Hall–Kier alpha value is -2.67. The lowest BCUT2D eigenvalue weighted by Crippen LogP contribution is -2.23. The highest BCUT2D eigenvalue weighted by Crippen LogP contribution is 2.40. The first-order valence-corrected chi connectivity index (χ1v) is 11.5. The van der Waals surface area contributed by atoms with Crippen molar-refractivity contribution in [1.82, 2.24) is 0 Å². The Morgan fingerprint density at radius 2 is 1.83 bits per heavy atom. The van der Waals surface area contributed by atoms with Crippen LogP contribution in [-0.4, -0.2) is 24.3 Å². The van der Waals surface area contributed by atoms with Crippen molar-refractivity contribution in [1.29, 1.82) is 0 Å². The van der Waals surface area contributed by atoms with Gasteiger partial charge in [0.15, 0.2) is 0 Å². The van der Waals surface area contributed by atoms with E-state index in [2.05, 4.69) is 5.32 Å². The van der Waals surface area contributed by atoms with Crippen LogP contribution in [0.4, 0.5) is 10.7 Å². The molecule has 0 unspecified atom stereocenters. The summed E-state index contributed by atoms with van der Waals surface area (Å²) in [5.41, 5.74) is 8.85. The molecule has 7 heteroatoms. The van der Waals surface area contributed by atoms with Crippen LogP contribution in [0, 0.1) is 0 Å². The van der Waals surface area contributed by atoms with Gasteiger partial charge in [-0.05, 0) is 53.8 Å². The van der Waals surface area contributed by atoms with E-state index in [9.17, 15) is 14.4 Å². The largest absolute Gasteiger partial charge is 0.365 e. The maximum absolute atomic E-state index is 12.6. The van der Waals surface area contributed by atoms with Crippen LogP contribution in [0.1, 0.15) is 72.3 Å². The number of nitrogens with one attached hydrogen (secondary N) is 1. The third kappa shape index (κ3) is 4.41. The van der Waals surface area contributed by atoms with Crippen LogP contribution < -0.4 is 16.0 Å². The highest BCUT2D eigenvalue weighted by atomic mass is 32.1. The van der Waals surface area contributed by atoms with Crippen LogP contribution in [0.3, 0.4) is 0 Å². The van der Waals surface area contributed by atoms with E-state index in [0.717, 1.165) is 42.6 Å². The molecule has 2 fully saturated rings. The van der Waals surface area contributed by atoms with Crippen LogP contribution in [0.25, 0.3) is 0 Å². The summed E-state index contributed by atoms with van der Waals surface area (Å²) in [6, 6.07) is 7.51. The molecule has 2 heterocycles. The summed E-state index contributed by atoms with van der Waals surface area (Å²) in [5, 5.41) is 5.42. The van der Waals surface area contributed by atoms with Gasteiger partial charge < -0.3 is 16.0 Å². The van der Waals surface area contributed by atoms with Gasteiger partial charge in [-0.1, -0.05) is 31.4 Å². The van der Waals surface area contributed by atoms with Gasteiger partial charge in [-0.3, -0.25) is 14.4 Å². The van der Waals surface area contributed by atoms with Crippen molar-refractivity contribution in [3.63, 3.8) is 0 Å². The zero-order chi connectivity index (χ0) is 21.1. The quantitative estimate of drug-likeness (QED) is 0.726. The Morgan fingerprint density at radius 3 is 2.47 bits per heavy atom. The molecule has 1 aromatic heterocycles. The minimum Gasteiger partial charge on any atom is -0.365 e. The van der Waals surface area contributed by atoms with Gasteiger partial charge >= 0.3 is 0 Å². The van der Waals surface area contributed by atoms with E-state index in [-0.39, 0.29) is 18.2 Å². The number of primary amides is 1. The molecule has 0 radical (unpaired) electrons. The van der Waals surface area contributed by atoms with E-state index in [1.807, 2.05) is 29.6 Å². The minimum absolute atomic E-state index is 0.144. The molecule has 0 atom stereocenters. The molecule has 2 aliphatic rings. The van der Waals surface area contributed by atoms with Crippen molar-refractivity contribution in [3.8, 4) is 0 Å². The average molecular weight is 426 g/mol. The third-order valence-electron chi connectivity index (χ3n) is 6.05. The van der Waals surface area contributed by atoms with E-state index in [1.165, 1.54) is 30.6 Å². The van der Waals surface area contributed by atoms with E-state index < -0.39 is 5.91 Å². The van der Waals surface area contributed by atoms with Crippen LogP contribution in [0.2, 0.25) is 0 Å². The van der Waals surface area contributed by atoms with Gasteiger partial charge in [0.2, 0.25) is 11.8 Å². The molecule has 0 bridgehead atoms. The SMILES string of the molecule is NC(=O)c1c(C2CCCCC2)csc1NC(=O)Cc1ccc(N2CCCC2=O)cc1. The topological polar surface area (TPSA) is 92.5 Å². The van der Waals surface area contributed by atoms with Gasteiger partial charge in [0.1, 0.15) is 5.00 Å². The predicted molar refractivity (Wildman–Crippen MR) is 119 cm³/mol. The molecule has 1 saturated heterocycles. The highest BCUT2D eigenvalue weighted by Gasteiger charge is 2.26. The van der Waals surface area contributed by atoms with Gasteiger partial charge in [-0.2, -0.15) is 0 Å². The molecule has 158 valence electrons. The Bertz CT molecular complexity index is 945. The standard InChI is InChI=1S/C23H27N3O3S/c24-22(29)21-18(16-5-2-1-3-6-16)14-30-23(21)25-19(27)13-15-8-10-17(11-9-15)26-12-4-7-20(26)28/h8-11,14,16H,1-7,12-13H2,(H2,24,29)(H,25,27). The molecule has 0 spiro atoms. The lowest BCUT2D eigenvalue weighted by Gasteiger charge is -2.21.